The summed E-state index contributed by atoms with van der Waals surface area (Å²) in [5, 5.41) is 0.337. The minimum absolute atomic E-state index is 0. The summed E-state index contributed by atoms with van der Waals surface area (Å²) in [6, 6.07) is 9.18. The van der Waals surface area contributed by atoms with Crippen molar-refractivity contribution in [3.05, 3.63) is 66.6 Å². The molecule has 0 fully saturated rings. The maximum Gasteiger partial charge on any atom is 0.191 e. The van der Waals surface area contributed by atoms with E-state index in [4.69, 9.17) is 0 Å². The molecule has 3 aromatic rings. The number of aromatic nitrogens is 4. The minimum atomic E-state index is 0. The molecule has 23 heavy (non-hydrogen) atoms. The monoisotopic (exact) mass is 438 g/mol. The molecule has 7 heteroatoms. The third-order valence-corrected chi connectivity index (χ3v) is 3.26. The van der Waals surface area contributed by atoms with Crippen LogP contribution in [0.15, 0.2) is 55.1 Å². The van der Waals surface area contributed by atoms with Gasteiger partial charge in [-0.25, -0.2) is 4.98 Å². The van der Waals surface area contributed by atoms with Crippen molar-refractivity contribution in [2.75, 3.05) is 5.33 Å². The van der Waals surface area contributed by atoms with E-state index in [0.29, 0.717) is 11.0 Å². The van der Waals surface area contributed by atoms with Crippen LogP contribution in [0.5, 0.6) is 0 Å². The third kappa shape index (κ3) is 6.03. The number of ketones is 1. The highest BCUT2D eigenvalue weighted by Crippen LogP contribution is 2.14. The number of pyridine rings is 2. The largest absolute Gasteiger partial charge is 0.342 e. The van der Waals surface area contributed by atoms with Gasteiger partial charge in [-0.2, -0.15) is 0 Å². The number of rotatable bonds is 3. The van der Waals surface area contributed by atoms with E-state index in [1.807, 2.05) is 31.5 Å². The molecule has 1 N–H and O–H groups in total. The molecule has 0 aliphatic heterocycles. The summed E-state index contributed by atoms with van der Waals surface area (Å²) in [7, 11) is 0. The molecule has 0 bridgehead atoms. The first-order valence-electron chi connectivity index (χ1n) is 6.63. The van der Waals surface area contributed by atoms with Gasteiger partial charge in [-0.05, 0) is 31.2 Å². The van der Waals surface area contributed by atoms with Gasteiger partial charge in [0.05, 0.1) is 17.2 Å². The molecule has 0 aromatic carbocycles. The van der Waals surface area contributed by atoms with E-state index in [9.17, 15) is 4.79 Å². The van der Waals surface area contributed by atoms with Crippen molar-refractivity contribution in [3.8, 4) is 11.3 Å². The van der Waals surface area contributed by atoms with E-state index in [-0.39, 0.29) is 22.8 Å². The van der Waals surface area contributed by atoms with E-state index in [1.54, 1.807) is 30.6 Å². The smallest absolute Gasteiger partial charge is 0.191 e. The summed E-state index contributed by atoms with van der Waals surface area (Å²) >= 11 is 3.06. The molecule has 120 valence electrons. The molecular formula is C16H16Br2N4O. The van der Waals surface area contributed by atoms with Crippen molar-refractivity contribution in [2.24, 2.45) is 0 Å². The van der Waals surface area contributed by atoms with Gasteiger partial charge >= 0.3 is 0 Å². The summed E-state index contributed by atoms with van der Waals surface area (Å²) in [5.74, 6) is 0.939. The van der Waals surface area contributed by atoms with E-state index in [0.717, 1.165) is 17.1 Å². The number of imidazole rings is 1. The van der Waals surface area contributed by atoms with Gasteiger partial charge in [-0.1, -0.05) is 22.0 Å². The van der Waals surface area contributed by atoms with Crippen molar-refractivity contribution in [2.45, 2.75) is 6.92 Å². The second-order valence-corrected chi connectivity index (χ2v) is 4.96. The normalized spacial score (nSPS) is 9.30. The fraction of sp³-hybridized carbons (Fsp3) is 0.125. The van der Waals surface area contributed by atoms with Crippen LogP contribution in [0.1, 0.15) is 16.3 Å². The number of carbonyl (C=O) groups is 1. The zero-order chi connectivity index (χ0) is 15.8. The predicted molar refractivity (Wildman–Crippen MR) is 99.2 cm³/mol. The van der Waals surface area contributed by atoms with Crippen molar-refractivity contribution < 1.29 is 4.79 Å². The maximum absolute atomic E-state index is 10.9. The molecule has 0 aliphatic rings. The number of H-pyrrole nitrogens is 1. The average molecular weight is 440 g/mol. The van der Waals surface area contributed by atoms with Crippen LogP contribution in [0, 0.1) is 6.92 Å². The lowest BCUT2D eigenvalue weighted by Crippen LogP contribution is -2.01. The van der Waals surface area contributed by atoms with E-state index in [1.165, 1.54) is 0 Å². The standard InChI is InChI=1S/C9H9N3.C7H6BrNO.BrH/c1-7-11-6-9(12-7)8-3-2-4-10-5-8;8-5-7(10)6-3-1-2-4-9-6;/h2-6H,1H3,(H,11,12);1-4H,5H2;1H. The molecule has 0 unspecified atom stereocenters. The lowest BCUT2D eigenvalue weighted by Gasteiger charge is -1.93. The molecule has 0 saturated heterocycles. The molecule has 0 amide bonds. The summed E-state index contributed by atoms with van der Waals surface area (Å²) in [4.78, 5) is 26.0. The first kappa shape index (κ1) is 19.2. The van der Waals surface area contributed by atoms with Crippen molar-refractivity contribution in [1.29, 1.82) is 0 Å². The summed E-state index contributed by atoms with van der Waals surface area (Å²) in [6.07, 6.45) is 6.99. The Balaban J connectivity index is 0.000000224. The van der Waals surface area contributed by atoms with Crippen LogP contribution in [0.4, 0.5) is 0 Å². The Morgan fingerprint density at radius 1 is 1.13 bits per heavy atom. The van der Waals surface area contributed by atoms with Crippen LogP contribution >= 0.6 is 32.9 Å². The Bertz CT molecular complexity index is 717. The first-order valence-corrected chi connectivity index (χ1v) is 7.75. The molecule has 3 aromatic heterocycles. The van der Waals surface area contributed by atoms with E-state index in [2.05, 4.69) is 35.9 Å². The lowest BCUT2D eigenvalue weighted by molar-refractivity contribution is 0.101. The number of nitrogens with zero attached hydrogens (tertiary/aromatic N) is 3. The molecule has 0 spiro atoms. The van der Waals surface area contributed by atoms with Gasteiger partial charge in [-0.3, -0.25) is 14.8 Å². The van der Waals surface area contributed by atoms with Crippen LogP contribution < -0.4 is 0 Å². The predicted octanol–water partition coefficient (Wildman–Crippen LogP) is 4.02. The average Bonchev–Trinajstić information content (AvgIpc) is 3.03. The van der Waals surface area contributed by atoms with Crippen molar-refractivity contribution in [1.82, 2.24) is 19.9 Å². The zero-order valence-corrected chi connectivity index (χ0v) is 15.7. The SMILES string of the molecule is Br.Cc1ncc(-c2cccnc2)[nH]1.O=C(CBr)c1ccccn1. The van der Waals surface area contributed by atoms with Gasteiger partial charge in [0.25, 0.3) is 0 Å². The third-order valence-electron chi connectivity index (χ3n) is 2.75. The van der Waals surface area contributed by atoms with Gasteiger partial charge in [0, 0.05) is 24.2 Å². The Morgan fingerprint density at radius 2 is 1.96 bits per heavy atom. The number of nitrogens with one attached hydrogen (secondary N) is 1. The number of hydrogen-bond donors (Lipinski definition) is 1. The van der Waals surface area contributed by atoms with Gasteiger partial charge in [0.2, 0.25) is 0 Å². The fourth-order valence-electron chi connectivity index (χ4n) is 1.69. The number of aromatic amines is 1. The molecular weight excluding hydrogens is 424 g/mol. The van der Waals surface area contributed by atoms with Gasteiger partial charge in [0.1, 0.15) is 11.5 Å². The lowest BCUT2D eigenvalue weighted by atomic mass is 10.2. The topological polar surface area (TPSA) is 71.5 Å². The maximum atomic E-state index is 10.9. The fourth-order valence-corrected chi connectivity index (χ4v) is 1.97. The van der Waals surface area contributed by atoms with Crippen LogP contribution in [0.25, 0.3) is 11.3 Å². The van der Waals surface area contributed by atoms with Crippen LogP contribution in [0.3, 0.4) is 0 Å². The molecule has 3 rings (SSSR count). The highest BCUT2D eigenvalue weighted by atomic mass is 79.9. The Kier molecular flexibility index (Phi) is 8.36. The molecule has 3 heterocycles. The molecule has 5 nitrogen and oxygen atoms in total. The molecule has 0 radical (unpaired) electrons. The number of hydrogen-bond acceptors (Lipinski definition) is 4. The Labute approximate surface area is 153 Å². The summed E-state index contributed by atoms with van der Waals surface area (Å²) < 4.78 is 0. The summed E-state index contributed by atoms with van der Waals surface area (Å²) in [6.45, 7) is 1.93. The molecule has 0 atom stereocenters. The van der Waals surface area contributed by atoms with Gasteiger partial charge in [0.15, 0.2) is 5.78 Å². The van der Waals surface area contributed by atoms with Gasteiger partial charge < -0.3 is 4.98 Å². The first-order chi connectivity index (χ1) is 10.7. The van der Waals surface area contributed by atoms with E-state index >= 15 is 0 Å². The number of Topliss-reactive ketones (excluding diaryl/α,β-unsaturated/α-hetero) is 1. The number of carbonyl (C=O) groups excluding carboxylic acids is 1. The Hall–Kier alpha value is -1.86. The van der Waals surface area contributed by atoms with Crippen LogP contribution in [-0.2, 0) is 0 Å². The number of halogens is 2. The highest BCUT2D eigenvalue weighted by molar-refractivity contribution is 9.09. The second kappa shape index (κ2) is 10.0. The van der Waals surface area contributed by atoms with Crippen LogP contribution in [0.2, 0.25) is 0 Å². The van der Waals surface area contributed by atoms with Crippen molar-refractivity contribution >= 4 is 38.7 Å². The minimum Gasteiger partial charge on any atom is -0.342 e. The van der Waals surface area contributed by atoms with Crippen molar-refractivity contribution in [3.63, 3.8) is 0 Å². The molecule has 0 aliphatic carbocycles. The van der Waals surface area contributed by atoms with Gasteiger partial charge in [-0.15, -0.1) is 17.0 Å². The molecule has 0 saturated carbocycles. The second-order valence-electron chi connectivity index (χ2n) is 4.40. The highest BCUT2D eigenvalue weighted by Gasteiger charge is 2.01. The Morgan fingerprint density at radius 3 is 2.48 bits per heavy atom. The van der Waals surface area contributed by atoms with E-state index < -0.39 is 0 Å². The summed E-state index contributed by atoms with van der Waals surface area (Å²) in [5.41, 5.74) is 2.60. The number of aryl methyl sites for hydroxylation is 1. The zero-order valence-electron chi connectivity index (χ0n) is 12.4. The quantitative estimate of drug-likeness (QED) is 0.494. The van der Waals surface area contributed by atoms with Crippen LogP contribution in [-0.4, -0.2) is 31.0 Å². The number of alkyl halides is 1.